The number of benzene rings is 8. The molecule has 1 aliphatic rings. The van der Waals surface area contributed by atoms with E-state index in [-0.39, 0.29) is 11.3 Å². The third-order valence-electron chi connectivity index (χ3n) is 11.2. The summed E-state index contributed by atoms with van der Waals surface area (Å²) in [6, 6.07) is 75.9. The van der Waals surface area contributed by atoms with Gasteiger partial charge < -0.3 is 0 Å². The lowest BCUT2D eigenvalue weighted by molar-refractivity contribution is 0.710. The van der Waals surface area contributed by atoms with Crippen LogP contribution in [-0.2, 0) is 11.8 Å². The van der Waals surface area contributed by atoms with Crippen LogP contribution in [0.3, 0.4) is 0 Å². The van der Waals surface area contributed by atoms with Crippen LogP contribution < -0.4 is 0 Å². The van der Waals surface area contributed by atoms with Crippen LogP contribution in [0.5, 0.6) is 0 Å². The molecule has 0 heteroatoms. The molecule has 0 aliphatic heterocycles. The van der Waals surface area contributed by atoms with Crippen LogP contribution in [0.4, 0.5) is 0 Å². The van der Waals surface area contributed by atoms with Gasteiger partial charge in [0.15, 0.2) is 0 Å². The van der Waals surface area contributed by atoms with Gasteiger partial charge in [0.05, 0.1) is 0 Å². The summed E-state index contributed by atoms with van der Waals surface area (Å²) in [5, 5.41) is 0. The zero-order valence-corrected chi connectivity index (χ0v) is 29.4. The molecule has 0 bridgehead atoms. The van der Waals surface area contributed by atoms with E-state index in [1.807, 2.05) is 0 Å². The Morgan fingerprint density at radius 3 is 1.50 bits per heavy atom. The minimum Gasteiger partial charge on any atom is -0.0622 e. The van der Waals surface area contributed by atoms with Crippen molar-refractivity contribution in [2.24, 2.45) is 0 Å². The van der Waals surface area contributed by atoms with Crippen molar-refractivity contribution in [2.45, 2.75) is 24.7 Å². The highest BCUT2D eigenvalue weighted by Crippen LogP contribution is 2.55. The van der Waals surface area contributed by atoms with Crippen molar-refractivity contribution in [2.75, 3.05) is 0 Å². The van der Waals surface area contributed by atoms with Crippen LogP contribution in [0.2, 0.25) is 0 Å². The number of hydrogen-bond acceptors (Lipinski definition) is 0. The molecule has 0 heterocycles. The highest BCUT2D eigenvalue weighted by atomic mass is 14.4. The van der Waals surface area contributed by atoms with E-state index in [9.17, 15) is 0 Å². The monoisotopic (exact) mass is 664 g/mol. The van der Waals surface area contributed by atoms with E-state index in [0.717, 1.165) is 6.42 Å². The molecule has 8 aromatic carbocycles. The highest BCUT2D eigenvalue weighted by molar-refractivity contribution is 5.94. The Labute approximate surface area is 307 Å². The summed E-state index contributed by atoms with van der Waals surface area (Å²) in [6.45, 7) is 2.43. The molecule has 1 aliphatic carbocycles. The molecule has 0 saturated heterocycles. The Hall–Kier alpha value is -6.24. The van der Waals surface area contributed by atoms with Crippen LogP contribution in [0.25, 0.3) is 44.5 Å². The molecule has 0 aromatic heterocycles. The average Bonchev–Trinajstić information content (AvgIpc) is 3.49. The molecule has 52 heavy (non-hydrogen) atoms. The maximum Gasteiger partial charge on any atom is 0.0435 e. The van der Waals surface area contributed by atoms with Crippen molar-refractivity contribution < 1.29 is 0 Å². The Morgan fingerprint density at radius 2 is 0.885 bits per heavy atom. The minimum absolute atomic E-state index is 0.231. The molecule has 9 rings (SSSR count). The average molecular weight is 665 g/mol. The summed E-state index contributed by atoms with van der Waals surface area (Å²) >= 11 is 0. The normalized spacial score (nSPS) is 15.1. The van der Waals surface area contributed by atoms with Crippen LogP contribution >= 0.6 is 0 Å². The second-order valence-corrected chi connectivity index (χ2v) is 14.2. The number of fused-ring (bicyclic) bond motifs is 3. The van der Waals surface area contributed by atoms with Gasteiger partial charge in [-0.3, -0.25) is 0 Å². The summed E-state index contributed by atoms with van der Waals surface area (Å²) < 4.78 is 0. The molecule has 0 saturated carbocycles. The minimum atomic E-state index is -0.290. The first kappa shape index (κ1) is 31.7. The molecule has 0 spiro atoms. The van der Waals surface area contributed by atoms with E-state index >= 15 is 0 Å². The predicted molar refractivity (Wildman–Crippen MR) is 219 cm³/mol. The van der Waals surface area contributed by atoms with Gasteiger partial charge in [-0.25, -0.2) is 0 Å². The van der Waals surface area contributed by atoms with Crippen LogP contribution in [-0.4, -0.2) is 0 Å². The maximum absolute atomic E-state index is 2.51. The molecule has 0 N–H and O–H groups in total. The molecular weight excluding hydrogens is 625 g/mol. The lowest BCUT2D eigenvalue weighted by Gasteiger charge is -2.29. The van der Waals surface area contributed by atoms with Crippen LogP contribution in [0.15, 0.2) is 206 Å². The van der Waals surface area contributed by atoms with Crippen LogP contribution in [0.1, 0.15) is 46.2 Å². The zero-order chi connectivity index (χ0) is 34.9. The summed E-state index contributed by atoms with van der Waals surface area (Å²) in [4.78, 5) is 0. The molecular formula is C52H40. The second kappa shape index (κ2) is 13.5. The van der Waals surface area contributed by atoms with Crippen molar-refractivity contribution in [1.82, 2.24) is 0 Å². The van der Waals surface area contributed by atoms with E-state index in [0.29, 0.717) is 0 Å². The van der Waals surface area contributed by atoms with Gasteiger partial charge in [-0.15, -0.1) is 0 Å². The Morgan fingerprint density at radius 1 is 0.385 bits per heavy atom. The van der Waals surface area contributed by atoms with E-state index in [2.05, 4.69) is 213 Å². The molecule has 248 valence electrons. The van der Waals surface area contributed by atoms with Gasteiger partial charge in [0, 0.05) is 11.3 Å². The largest absolute Gasteiger partial charge is 0.0622 e. The maximum atomic E-state index is 2.51. The Kier molecular flexibility index (Phi) is 8.22. The third kappa shape index (κ3) is 5.67. The fourth-order valence-corrected chi connectivity index (χ4v) is 8.44. The third-order valence-corrected chi connectivity index (χ3v) is 11.2. The summed E-state index contributed by atoms with van der Waals surface area (Å²) in [7, 11) is 0. The van der Waals surface area contributed by atoms with Gasteiger partial charge in [0.25, 0.3) is 0 Å². The zero-order valence-electron chi connectivity index (χ0n) is 29.4. The highest BCUT2D eigenvalue weighted by Gasteiger charge is 2.42. The first-order chi connectivity index (χ1) is 25.7. The van der Waals surface area contributed by atoms with Gasteiger partial charge in [-0.1, -0.05) is 206 Å². The molecule has 0 amide bonds. The van der Waals surface area contributed by atoms with Crippen molar-refractivity contribution in [3.63, 3.8) is 0 Å². The molecule has 2 atom stereocenters. The molecule has 2 unspecified atom stereocenters. The van der Waals surface area contributed by atoms with E-state index in [4.69, 9.17) is 0 Å². The van der Waals surface area contributed by atoms with Crippen molar-refractivity contribution in [1.29, 1.82) is 0 Å². The van der Waals surface area contributed by atoms with E-state index in [1.54, 1.807) is 0 Å². The van der Waals surface area contributed by atoms with Crippen molar-refractivity contribution in [3.8, 4) is 44.5 Å². The van der Waals surface area contributed by atoms with Gasteiger partial charge in [0.1, 0.15) is 0 Å². The predicted octanol–water partition coefficient (Wildman–Crippen LogP) is 13.4. The molecule has 0 radical (unpaired) electrons. The van der Waals surface area contributed by atoms with E-state index in [1.165, 1.54) is 77.9 Å². The van der Waals surface area contributed by atoms with Gasteiger partial charge in [0.2, 0.25) is 0 Å². The van der Waals surface area contributed by atoms with Gasteiger partial charge >= 0.3 is 0 Å². The Balaban J connectivity index is 1.14. The summed E-state index contributed by atoms with van der Waals surface area (Å²) in [6.07, 6.45) is 0.914. The molecule has 0 nitrogen and oxygen atoms in total. The smallest absolute Gasteiger partial charge is 0.0435 e. The number of hydrogen-bond donors (Lipinski definition) is 0. The fourth-order valence-electron chi connectivity index (χ4n) is 8.44. The molecule has 8 aromatic rings. The second-order valence-electron chi connectivity index (χ2n) is 14.2. The summed E-state index contributed by atoms with van der Waals surface area (Å²) in [5.74, 6) is 0.231. The first-order valence-electron chi connectivity index (χ1n) is 18.4. The standard InChI is InChI=1S/C52H40/c1-52(45-21-12-5-13-22-45)49-24-14-23-46(43-30-26-40(27-31-43)38-15-6-2-7-16-38)51(49)47-34-25-37(36-50(47)52)35-48(42-19-10-4-11-20-42)44-32-28-41(29-33-44)39-17-8-3-9-18-39/h2-34,36,48H,35H2,1H3. The molecule has 0 fully saturated rings. The van der Waals surface area contributed by atoms with Crippen LogP contribution in [0, 0.1) is 0 Å². The van der Waals surface area contributed by atoms with Gasteiger partial charge in [-0.05, 0) is 91.2 Å². The lowest BCUT2D eigenvalue weighted by Crippen LogP contribution is -2.22. The summed E-state index contributed by atoms with van der Waals surface area (Å²) in [5.41, 5.74) is 18.0. The number of rotatable bonds is 8. The topological polar surface area (TPSA) is 0 Å². The Bertz CT molecular complexity index is 2440. The van der Waals surface area contributed by atoms with Crippen molar-refractivity contribution >= 4 is 0 Å². The quantitative estimate of drug-likeness (QED) is 0.152. The first-order valence-corrected chi connectivity index (χ1v) is 18.4. The van der Waals surface area contributed by atoms with E-state index < -0.39 is 0 Å². The fraction of sp³-hybridized carbons (Fsp3) is 0.0769. The lowest BCUT2D eigenvalue weighted by atomic mass is 9.73. The van der Waals surface area contributed by atoms with Crippen molar-refractivity contribution in [3.05, 3.63) is 240 Å². The SMILES string of the molecule is CC1(c2ccccc2)c2cc(CC(c3ccccc3)c3ccc(-c4ccccc4)cc3)ccc2-c2c(-c3ccc(-c4ccccc4)cc3)cccc21. The van der Waals surface area contributed by atoms with Gasteiger partial charge in [-0.2, -0.15) is 0 Å².